The van der Waals surface area contributed by atoms with Gasteiger partial charge in [-0.05, 0) is 24.3 Å². The fraction of sp³-hybridized carbons (Fsp3) is 0.583. The first-order valence-corrected chi connectivity index (χ1v) is 11.5. The van der Waals surface area contributed by atoms with E-state index in [0.29, 0.717) is 6.42 Å². The molecule has 0 aliphatic carbocycles. The van der Waals surface area contributed by atoms with E-state index < -0.39 is 54.0 Å². The van der Waals surface area contributed by atoms with Crippen LogP contribution < -0.4 is 21.7 Å². The topological polar surface area (TPSA) is 171 Å². The van der Waals surface area contributed by atoms with Crippen molar-refractivity contribution < 1.29 is 29.4 Å². The summed E-state index contributed by atoms with van der Waals surface area (Å²) in [6, 6.07) is 4.45. The normalized spacial score (nSPS) is 16.5. The number of aliphatic hydroxyl groups excluding tert-OH is 1. The van der Waals surface area contributed by atoms with Gasteiger partial charge < -0.3 is 31.9 Å². The molecule has 0 radical (unpaired) electrons. The van der Waals surface area contributed by atoms with Crippen molar-refractivity contribution in [1.29, 1.82) is 0 Å². The predicted octanol–water partition coefficient (Wildman–Crippen LogP) is 0.178. The first kappa shape index (κ1) is 29.1. The average Bonchev–Trinajstić information content (AvgIpc) is 2.78. The number of hydrogen-bond donors (Lipinski definition) is 6. The van der Waals surface area contributed by atoms with Gasteiger partial charge in [-0.1, -0.05) is 64.4 Å². The van der Waals surface area contributed by atoms with Crippen molar-refractivity contribution in [2.75, 3.05) is 0 Å². The molecule has 0 fully saturated rings. The van der Waals surface area contributed by atoms with E-state index in [1.54, 1.807) is 44.2 Å². The third-order valence-electron chi connectivity index (χ3n) is 5.77. The van der Waals surface area contributed by atoms with E-state index in [2.05, 4.69) is 16.0 Å². The maximum atomic E-state index is 13.1. The van der Waals surface area contributed by atoms with E-state index in [4.69, 9.17) is 5.73 Å². The summed E-state index contributed by atoms with van der Waals surface area (Å²) in [4.78, 5) is 50.1. The number of aliphatic hydroxyl groups is 1. The number of nitrogens with two attached hydrogens (primary N) is 1. The highest BCUT2D eigenvalue weighted by atomic mass is 16.4. The molecule has 7 N–H and O–H groups in total. The molecule has 6 unspecified atom stereocenters. The molecule has 0 aromatic heterocycles. The van der Waals surface area contributed by atoms with Crippen LogP contribution in [0.1, 0.15) is 46.6 Å². The number of carboxylic acids is 1. The van der Waals surface area contributed by atoms with Crippen LogP contribution in [0.4, 0.5) is 0 Å². The molecule has 3 amide bonds. The molecule has 10 heteroatoms. The van der Waals surface area contributed by atoms with Crippen LogP contribution in [0.15, 0.2) is 30.3 Å². The Hall–Kier alpha value is -2.98. The van der Waals surface area contributed by atoms with Crippen LogP contribution >= 0.6 is 0 Å². The molecular formula is C24H38N4O6. The van der Waals surface area contributed by atoms with Gasteiger partial charge in [0.25, 0.3) is 0 Å². The number of nitrogens with one attached hydrogen (secondary N) is 3. The van der Waals surface area contributed by atoms with Gasteiger partial charge in [-0.25, -0.2) is 4.79 Å². The molecule has 0 bridgehead atoms. The number of carbonyl (C=O) groups excluding carboxylic acids is 3. The summed E-state index contributed by atoms with van der Waals surface area (Å²) < 4.78 is 0. The molecule has 34 heavy (non-hydrogen) atoms. The Bertz CT molecular complexity index is 830. The lowest BCUT2D eigenvalue weighted by Crippen LogP contribution is -2.60. The fourth-order valence-electron chi connectivity index (χ4n) is 3.26. The maximum absolute atomic E-state index is 13.1. The second kappa shape index (κ2) is 13.7. The van der Waals surface area contributed by atoms with Crippen LogP contribution in [-0.4, -0.2) is 64.2 Å². The van der Waals surface area contributed by atoms with Crippen LogP contribution in [0, 0.1) is 11.8 Å². The molecule has 1 rings (SSSR count). The largest absolute Gasteiger partial charge is 0.480 e. The second-order valence-electron chi connectivity index (χ2n) is 8.96. The third-order valence-corrected chi connectivity index (χ3v) is 5.77. The van der Waals surface area contributed by atoms with E-state index in [0.717, 1.165) is 5.56 Å². The second-order valence-corrected chi connectivity index (χ2v) is 8.96. The highest BCUT2D eigenvalue weighted by Crippen LogP contribution is 2.10. The van der Waals surface area contributed by atoms with Gasteiger partial charge in [-0.3, -0.25) is 14.4 Å². The lowest BCUT2D eigenvalue weighted by atomic mass is 9.97. The fourth-order valence-corrected chi connectivity index (χ4v) is 3.26. The van der Waals surface area contributed by atoms with Crippen molar-refractivity contribution in [3.8, 4) is 0 Å². The molecule has 0 saturated heterocycles. The zero-order valence-electron chi connectivity index (χ0n) is 20.4. The molecule has 0 aliphatic heterocycles. The van der Waals surface area contributed by atoms with Crippen molar-refractivity contribution in [3.05, 3.63) is 35.9 Å². The highest BCUT2D eigenvalue weighted by Gasteiger charge is 2.33. The molecule has 0 heterocycles. The highest BCUT2D eigenvalue weighted by molar-refractivity contribution is 5.94. The molecule has 190 valence electrons. The van der Waals surface area contributed by atoms with Crippen molar-refractivity contribution in [1.82, 2.24) is 16.0 Å². The van der Waals surface area contributed by atoms with E-state index in [9.17, 15) is 29.4 Å². The monoisotopic (exact) mass is 478 g/mol. The number of carboxylic acid groups (broad SMARTS) is 1. The van der Waals surface area contributed by atoms with E-state index in [1.165, 1.54) is 6.92 Å². The molecule has 1 aromatic carbocycles. The van der Waals surface area contributed by atoms with Crippen LogP contribution in [0.3, 0.4) is 0 Å². The summed E-state index contributed by atoms with van der Waals surface area (Å²) in [7, 11) is 0. The summed E-state index contributed by atoms with van der Waals surface area (Å²) in [6.45, 7) is 8.50. The van der Waals surface area contributed by atoms with Crippen molar-refractivity contribution >= 4 is 23.7 Å². The molecule has 0 saturated carbocycles. The predicted molar refractivity (Wildman–Crippen MR) is 128 cm³/mol. The first-order chi connectivity index (χ1) is 15.9. The van der Waals surface area contributed by atoms with Crippen LogP contribution in [-0.2, 0) is 25.6 Å². The van der Waals surface area contributed by atoms with Gasteiger partial charge >= 0.3 is 5.97 Å². The maximum Gasteiger partial charge on any atom is 0.328 e. The van der Waals surface area contributed by atoms with Crippen molar-refractivity contribution in [2.24, 2.45) is 17.6 Å². The quantitative estimate of drug-likeness (QED) is 0.235. The molecule has 0 spiro atoms. The van der Waals surface area contributed by atoms with E-state index >= 15 is 0 Å². The molecule has 0 aliphatic rings. The minimum Gasteiger partial charge on any atom is -0.480 e. The first-order valence-electron chi connectivity index (χ1n) is 11.5. The van der Waals surface area contributed by atoms with Crippen molar-refractivity contribution in [3.63, 3.8) is 0 Å². The molecule has 10 nitrogen and oxygen atoms in total. The Morgan fingerprint density at radius 1 is 0.882 bits per heavy atom. The lowest BCUT2D eigenvalue weighted by Gasteiger charge is -2.28. The van der Waals surface area contributed by atoms with Crippen molar-refractivity contribution in [2.45, 2.75) is 77.7 Å². The molecule has 6 atom stereocenters. The van der Waals surface area contributed by atoms with Gasteiger partial charge in [0.05, 0.1) is 12.1 Å². The Morgan fingerprint density at radius 2 is 1.44 bits per heavy atom. The summed E-state index contributed by atoms with van der Waals surface area (Å²) in [5.41, 5.74) is 6.73. The average molecular weight is 479 g/mol. The number of benzene rings is 1. The van der Waals surface area contributed by atoms with Gasteiger partial charge in [0.1, 0.15) is 12.1 Å². The Labute approximate surface area is 200 Å². The van der Waals surface area contributed by atoms with E-state index in [1.807, 2.05) is 13.8 Å². The SMILES string of the molecule is CCC(C)C(N)C(=O)NC(C(=O)NC(Cc1ccccc1)C(=O)NC(C(=O)O)C(C)O)C(C)C. The Morgan fingerprint density at radius 3 is 1.91 bits per heavy atom. The number of carbonyl (C=O) groups is 4. The van der Waals surface area contributed by atoms with Crippen LogP contribution in [0.5, 0.6) is 0 Å². The van der Waals surface area contributed by atoms with Gasteiger partial charge in [0, 0.05) is 6.42 Å². The third kappa shape index (κ3) is 8.75. The zero-order valence-corrected chi connectivity index (χ0v) is 20.4. The number of rotatable bonds is 13. The van der Waals surface area contributed by atoms with Gasteiger partial charge in [0.15, 0.2) is 6.04 Å². The summed E-state index contributed by atoms with van der Waals surface area (Å²) in [5, 5.41) is 26.6. The van der Waals surface area contributed by atoms with Gasteiger partial charge in [0.2, 0.25) is 17.7 Å². The summed E-state index contributed by atoms with van der Waals surface area (Å²) in [6.07, 6.45) is -0.574. The molecule has 1 aromatic rings. The van der Waals surface area contributed by atoms with Gasteiger partial charge in [-0.15, -0.1) is 0 Å². The van der Waals surface area contributed by atoms with E-state index in [-0.39, 0.29) is 18.3 Å². The lowest BCUT2D eigenvalue weighted by molar-refractivity contribution is -0.145. The standard InChI is InChI=1S/C24H38N4O6/c1-6-14(4)18(25)22(31)27-19(13(2)3)23(32)26-17(12-16-10-8-7-9-11-16)21(30)28-20(15(5)29)24(33)34/h7-11,13-15,17-20,29H,6,12,25H2,1-5H3,(H,26,32)(H,27,31)(H,28,30)(H,33,34). The Balaban J connectivity index is 3.10. The minimum absolute atomic E-state index is 0.0791. The Kier molecular flexibility index (Phi) is 11.7. The van der Waals surface area contributed by atoms with Crippen LogP contribution in [0.2, 0.25) is 0 Å². The summed E-state index contributed by atoms with van der Waals surface area (Å²) in [5.74, 6) is -3.62. The number of aliphatic carboxylic acids is 1. The van der Waals surface area contributed by atoms with Gasteiger partial charge in [-0.2, -0.15) is 0 Å². The van der Waals surface area contributed by atoms with Crippen LogP contribution in [0.25, 0.3) is 0 Å². The zero-order chi connectivity index (χ0) is 26.0. The summed E-state index contributed by atoms with van der Waals surface area (Å²) >= 11 is 0. The minimum atomic E-state index is -1.54. The smallest absolute Gasteiger partial charge is 0.328 e. The number of amides is 3. The number of hydrogen-bond acceptors (Lipinski definition) is 6. The molecular weight excluding hydrogens is 440 g/mol.